The van der Waals surface area contributed by atoms with Gasteiger partial charge in [-0.15, -0.1) is 0 Å². The van der Waals surface area contributed by atoms with Crippen LogP contribution < -0.4 is 0 Å². The number of benzene rings is 2. The lowest BCUT2D eigenvalue weighted by Crippen LogP contribution is -1.88. The summed E-state index contributed by atoms with van der Waals surface area (Å²) in [5, 5.41) is 18.9. The van der Waals surface area contributed by atoms with E-state index in [1.54, 1.807) is 24.3 Å². The van der Waals surface area contributed by atoms with Crippen molar-refractivity contribution in [3.05, 3.63) is 66.1 Å². The zero-order valence-corrected chi connectivity index (χ0v) is 8.80. The van der Waals surface area contributed by atoms with Gasteiger partial charge in [0, 0.05) is 0 Å². The molecule has 16 heavy (non-hydrogen) atoms. The van der Waals surface area contributed by atoms with E-state index in [1.165, 1.54) is 0 Å². The van der Waals surface area contributed by atoms with Gasteiger partial charge < -0.3 is 10.2 Å². The second-order valence-corrected chi connectivity index (χ2v) is 3.64. The molecule has 0 unspecified atom stereocenters. The molecule has 0 aromatic heterocycles. The van der Waals surface area contributed by atoms with E-state index in [-0.39, 0.29) is 11.5 Å². The SMILES string of the molecule is Oc1cccc(C[CH]c2ccccc2O)c1. The van der Waals surface area contributed by atoms with Crippen LogP contribution in [-0.2, 0) is 6.42 Å². The summed E-state index contributed by atoms with van der Waals surface area (Å²) in [6.45, 7) is 0. The summed E-state index contributed by atoms with van der Waals surface area (Å²) in [6.07, 6.45) is 2.62. The van der Waals surface area contributed by atoms with Crippen molar-refractivity contribution in [1.29, 1.82) is 0 Å². The summed E-state index contributed by atoms with van der Waals surface area (Å²) >= 11 is 0. The van der Waals surface area contributed by atoms with Crippen LogP contribution in [0.25, 0.3) is 0 Å². The Bertz CT molecular complexity index is 478. The van der Waals surface area contributed by atoms with Gasteiger partial charge in [-0.1, -0.05) is 30.3 Å². The molecule has 0 aliphatic carbocycles. The number of rotatable bonds is 3. The largest absolute Gasteiger partial charge is 0.508 e. The van der Waals surface area contributed by atoms with E-state index >= 15 is 0 Å². The van der Waals surface area contributed by atoms with Gasteiger partial charge >= 0.3 is 0 Å². The topological polar surface area (TPSA) is 40.5 Å². The number of phenols is 2. The van der Waals surface area contributed by atoms with Gasteiger partial charge in [-0.25, -0.2) is 0 Å². The molecule has 0 aliphatic heterocycles. The molecule has 2 heteroatoms. The summed E-state index contributed by atoms with van der Waals surface area (Å²) in [7, 11) is 0. The second-order valence-electron chi connectivity index (χ2n) is 3.64. The molecule has 2 rings (SSSR count). The van der Waals surface area contributed by atoms with Crippen molar-refractivity contribution < 1.29 is 10.2 Å². The number of hydrogen-bond acceptors (Lipinski definition) is 2. The highest BCUT2D eigenvalue weighted by molar-refractivity contribution is 5.39. The van der Waals surface area contributed by atoms with Gasteiger partial charge in [0.25, 0.3) is 0 Å². The lowest BCUT2D eigenvalue weighted by Gasteiger charge is -2.04. The van der Waals surface area contributed by atoms with Crippen molar-refractivity contribution in [2.75, 3.05) is 0 Å². The molecule has 0 bridgehead atoms. The van der Waals surface area contributed by atoms with Crippen LogP contribution in [0.15, 0.2) is 48.5 Å². The monoisotopic (exact) mass is 213 g/mol. The predicted molar refractivity (Wildman–Crippen MR) is 63.3 cm³/mol. The number of hydrogen-bond donors (Lipinski definition) is 2. The maximum Gasteiger partial charge on any atom is 0.119 e. The van der Waals surface area contributed by atoms with Crippen LogP contribution in [0.2, 0.25) is 0 Å². The van der Waals surface area contributed by atoms with Crippen molar-refractivity contribution in [2.24, 2.45) is 0 Å². The lowest BCUT2D eigenvalue weighted by atomic mass is 10.0. The Morgan fingerprint density at radius 2 is 1.75 bits per heavy atom. The normalized spacial score (nSPS) is 10.2. The third-order valence-electron chi connectivity index (χ3n) is 2.40. The summed E-state index contributed by atoms with van der Waals surface area (Å²) in [4.78, 5) is 0. The molecular formula is C14H13O2. The van der Waals surface area contributed by atoms with Crippen LogP contribution in [0, 0.1) is 6.42 Å². The van der Waals surface area contributed by atoms with Gasteiger partial charge in [0.15, 0.2) is 0 Å². The number of phenolic OH excluding ortho intramolecular Hbond substituents is 2. The van der Waals surface area contributed by atoms with Gasteiger partial charge in [-0.3, -0.25) is 0 Å². The standard InChI is InChI=1S/C14H13O2/c15-13-6-3-4-11(10-13)8-9-12-5-1-2-7-14(12)16/h1-7,9-10,15-16H,8H2. The van der Waals surface area contributed by atoms with Crippen molar-refractivity contribution in [1.82, 2.24) is 0 Å². The van der Waals surface area contributed by atoms with Crippen LogP contribution in [0.1, 0.15) is 11.1 Å². The molecule has 1 radical (unpaired) electrons. The van der Waals surface area contributed by atoms with E-state index in [0.717, 1.165) is 11.1 Å². The second kappa shape index (κ2) is 4.71. The molecule has 0 spiro atoms. The van der Waals surface area contributed by atoms with Crippen LogP contribution in [0.5, 0.6) is 11.5 Å². The first-order valence-electron chi connectivity index (χ1n) is 5.15. The first-order valence-corrected chi connectivity index (χ1v) is 5.15. The fraction of sp³-hybridized carbons (Fsp3) is 0.0714. The van der Waals surface area contributed by atoms with Gasteiger partial charge in [0.05, 0.1) is 0 Å². The molecular weight excluding hydrogens is 200 g/mol. The molecule has 0 fully saturated rings. The predicted octanol–water partition coefficient (Wildman–Crippen LogP) is 2.89. The molecule has 0 saturated heterocycles. The maximum atomic E-state index is 9.56. The van der Waals surface area contributed by atoms with Gasteiger partial charge in [-0.2, -0.15) is 0 Å². The quantitative estimate of drug-likeness (QED) is 0.823. The first-order chi connectivity index (χ1) is 7.75. The number of aromatic hydroxyl groups is 2. The Morgan fingerprint density at radius 1 is 0.938 bits per heavy atom. The van der Waals surface area contributed by atoms with Crippen LogP contribution >= 0.6 is 0 Å². The third kappa shape index (κ3) is 2.54. The fourth-order valence-electron chi connectivity index (χ4n) is 1.57. The van der Waals surface area contributed by atoms with Crippen molar-refractivity contribution in [2.45, 2.75) is 6.42 Å². The minimum atomic E-state index is 0.267. The fourth-order valence-corrected chi connectivity index (χ4v) is 1.57. The average molecular weight is 213 g/mol. The van der Waals surface area contributed by atoms with E-state index in [4.69, 9.17) is 0 Å². The molecule has 81 valence electrons. The van der Waals surface area contributed by atoms with Gasteiger partial charge in [0.2, 0.25) is 0 Å². The van der Waals surface area contributed by atoms with E-state index in [0.29, 0.717) is 6.42 Å². The Morgan fingerprint density at radius 3 is 2.50 bits per heavy atom. The summed E-state index contributed by atoms with van der Waals surface area (Å²) < 4.78 is 0. The van der Waals surface area contributed by atoms with Gasteiger partial charge in [0.1, 0.15) is 11.5 Å². The molecule has 0 heterocycles. The lowest BCUT2D eigenvalue weighted by molar-refractivity contribution is 0.471. The Balaban J connectivity index is 2.05. The summed E-state index contributed by atoms with van der Waals surface area (Å²) in [5.41, 5.74) is 1.83. The average Bonchev–Trinajstić information content (AvgIpc) is 2.28. The highest BCUT2D eigenvalue weighted by Gasteiger charge is 2.01. The minimum absolute atomic E-state index is 0.267. The zero-order chi connectivity index (χ0) is 11.4. The minimum Gasteiger partial charge on any atom is -0.508 e. The maximum absolute atomic E-state index is 9.56. The Hall–Kier alpha value is -1.96. The highest BCUT2D eigenvalue weighted by Crippen LogP contribution is 2.20. The molecule has 2 aromatic carbocycles. The zero-order valence-electron chi connectivity index (χ0n) is 8.80. The Kier molecular flexibility index (Phi) is 3.10. The molecule has 2 nitrogen and oxygen atoms in total. The summed E-state index contributed by atoms with van der Waals surface area (Å²) in [5.74, 6) is 0.547. The van der Waals surface area contributed by atoms with Crippen LogP contribution in [0.4, 0.5) is 0 Å². The smallest absolute Gasteiger partial charge is 0.119 e. The summed E-state index contributed by atoms with van der Waals surface area (Å²) in [6, 6.07) is 14.3. The van der Waals surface area contributed by atoms with E-state index in [9.17, 15) is 10.2 Å². The highest BCUT2D eigenvalue weighted by atomic mass is 16.3. The van der Waals surface area contributed by atoms with E-state index in [2.05, 4.69) is 0 Å². The molecule has 2 N–H and O–H groups in total. The van der Waals surface area contributed by atoms with E-state index < -0.39 is 0 Å². The van der Waals surface area contributed by atoms with Crippen molar-refractivity contribution >= 4 is 0 Å². The molecule has 0 aliphatic rings. The van der Waals surface area contributed by atoms with Crippen molar-refractivity contribution in [3.63, 3.8) is 0 Å². The number of para-hydroxylation sites is 1. The van der Waals surface area contributed by atoms with Crippen LogP contribution in [0.3, 0.4) is 0 Å². The molecule has 0 saturated carbocycles. The van der Waals surface area contributed by atoms with Gasteiger partial charge in [-0.05, 0) is 42.2 Å². The van der Waals surface area contributed by atoms with Crippen molar-refractivity contribution in [3.8, 4) is 11.5 Å². The molecule has 0 atom stereocenters. The molecule has 0 amide bonds. The van der Waals surface area contributed by atoms with E-state index in [1.807, 2.05) is 30.7 Å². The van der Waals surface area contributed by atoms with Crippen LogP contribution in [-0.4, -0.2) is 10.2 Å². The molecule has 2 aromatic rings. The Labute approximate surface area is 94.8 Å². The first kappa shape index (κ1) is 10.6. The third-order valence-corrected chi connectivity index (χ3v) is 2.40.